The lowest BCUT2D eigenvalue weighted by atomic mass is 10.1. The molecular formula is C18H18ClN3O5. The van der Waals surface area contributed by atoms with Crippen molar-refractivity contribution in [2.45, 2.75) is 0 Å². The van der Waals surface area contributed by atoms with Crippen LogP contribution in [0.5, 0.6) is 17.2 Å². The zero-order valence-corrected chi connectivity index (χ0v) is 15.4. The smallest absolute Gasteiger partial charge is 0.313 e. The van der Waals surface area contributed by atoms with E-state index in [0.29, 0.717) is 24.4 Å². The summed E-state index contributed by atoms with van der Waals surface area (Å²) in [7, 11) is 1.44. The van der Waals surface area contributed by atoms with Crippen LogP contribution >= 0.6 is 11.6 Å². The van der Waals surface area contributed by atoms with Crippen molar-refractivity contribution in [3.05, 3.63) is 57.1 Å². The van der Waals surface area contributed by atoms with E-state index in [1.165, 1.54) is 25.3 Å². The molecule has 9 heteroatoms. The van der Waals surface area contributed by atoms with Gasteiger partial charge in [0.15, 0.2) is 11.5 Å². The number of piperazine rings is 1. The Bertz CT molecular complexity index is 868. The molecule has 0 unspecified atom stereocenters. The summed E-state index contributed by atoms with van der Waals surface area (Å²) < 4.78 is 11.0. The molecule has 27 heavy (non-hydrogen) atoms. The van der Waals surface area contributed by atoms with Crippen molar-refractivity contribution in [1.29, 1.82) is 0 Å². The molecule has 0 aliphatic carbocycles. The maximum Gasteiger partial charge on any atom is 0.313 e. The predicted octanol–water partition coefficient (Wildman–Crippen LogP) is 3.09. The van der Waals surface area contributed by atoms with Crippen LogP contribution in [-0.2, 0) is 0 Å². The Kier molecular flexibility index (Phi) is 5.78. The van der Waals surface area contributed by atoms with Crippen LogP contribution in [0.4, 0.5) is 5.69 Å². The van der Waals surface area contributed by atoms with Crippen LogP contribution in [0.15, 0.2) is 36.4 Å². The molecule has 0 atom stereocenters. The minimum Gasteiger partial charge on any atom is -0.493 e. The molecule has 1 fully saturated rings. The summed E-state index contributed by atoms with van der Waals surface area (Å²) in [4.78, 5) is 25.0. The Morgan fingerprint density at radius 2 is 1.85 bits per heavy atom. The van der Waals surface area contributed by atoms with Crippen LogP contribution < -0.4 is 14.8 Å². The summed E-state index contributed by atoms with van der Waals surface area (Å²) in [6.45, 7) is 2.78. The molecule has 1 amide bonds. The summed E-state index contributed by atoms with van der Waals surface area (Å²) in [5.74, 6) is 0.503. The van der Waals surface area contributed by atoms with Gasteiger partial charge in [0.2, 0.25) is 5.75 Å². The normalized spacial score (nSPS) is 13.9. The van der Waals surface area contributed by atoms with Crippen molar-refractivity contribution >= 4 is 23.2 Å². The maximum atomic E-state index is 12.6. The lowest BCUT2D eigenvalue weighted by molar-refractivity contribution is -0.385. The number of nitrogens with one attached hydrogen (secondary N) is 1. The molecular weight excluding hydrogens is 374 g/mol. The van der Waals surface area contributed by atoms with E-state index in [9.17, 15) is 14.9 Å². The van der Waals surface area contributed by atoms with Crippen molar-refractivity contribution in [2.75, 3.05) is 33.3 Å². The number of hydrogen-bond acceptors (Lipinski definition) is 6. The molecule has 0 bridgehead atoms. The van der Waals surface area contributed by atoms with Gasteiger partial charge in [-0.1, -0.05) is 11.6 Å². The number of ether oxygens (including phenoxy) is 2. The van der Waals surface area contributed by atoms with Crippen LogP contribution in [0, 0.1) is 10.1 Å². The second-order valence-corrected chi connectivity index (χ2v) is 6.32. The molecule has 8 nitrogen and oxygen atoms in total. The SMILES string of the molecule is COc1cc(C(=O)N2CCNCC2)ccc1Oc1ccc(Cl)cc1[N+](=O)[O-]. The van der Waals surface area contributed by atoms with E-state index in [0.717, 1.165) is 13.1 Å². The number of carbonyl (C=O) groups excluding carboxylic acids is 1. The first-order valence-corrected chi connectivity index (χ1v) is 8.67. The summed E-state index contributed by atoms with van der Waals surface area (Å²) in [6.07, 6.45) is 0. The van der Waals surface area contributed by atoms with E-state index >= 15 is 0 Å². The molecule has 1 saturated heterocycles. The fourth-order valence-electron chi connectivity index (χ4n) is 2.77. The zero-order valence-electron chi connectivity index (χ0n) is 14.6. The van der Waals surface area contributed by atoms with E-state index in [2.05, 4.69) is 5.32 Å². The van der Waals surface area contributed by atoms with Crippen LogP contribution in [-0.4, -0.2) is 49.0 Å². The molecule has 1 heterocycles. The van der Waals surface area contributed by atoms with Crippen molar-refractivity contribution < 1.29 is 19.2 Å². The molecule has 0 spiro atoms. The number of methoxy groups -OCH3 is 1. The van der Waals surface area contributed by atoms with E-state index in [1.54, 1.807) is 23.1 Å². The molecule has 1 N–H and O–H groups in total. The molecule has 0 saturated carbocycles. The molecule has 2 aromatic carbocycles. The second kappa shape index (κ2) is 8.24. The van der Waals surface area contributed by atoms with Gasteiger partial charge in [0.25, 0.3) is 5.91 Å². The molecule has 0 aromatic heterocycles. The summed E-state index contributed by atoms with van der Waals surface area (Å²) in [5, 5.41) is 14.6. The predicted molar refractivity (Wildman–Crippen MR) is 99.9 cm³/mol. The standard InChI is InChI=1S/C18H18ClN3O5/c1-26-17-10-12(18(23)21-8-6-20-7-9-21)2-4-16(17)27-15-5-3-13(19)11-14(15)22(24)25/h2-5,10-11,20H,6-9H2,1H3. The average molecular weight is 392 g/mol. The minimum absolute atomic E-state index is 0.0314. The highest BCUT2D eigenvalue weighted by molar-refractivity contribution is 6.30. The van der Waals surface area contributed by atoms with Gasteiger partial charge < -0.3 is 19.7 Å². The number of halogens is 1. The van der Waals surface area contributed by atoms with Crippen molar-refractivity contribution in [2.24, 2.45) is 0 Å². The fraction of sp³-hybridized carbons (Fsp3) is 0.278. The summed E-state index contributed by atoms with van der Waals surface area (Å²) >= 11 is 5.82. The van der Waals surface area contributed by atoms with Crippen LogP contribution in [0.2, 0.25) is 5.02 Å². The van der Waals surface area contributed by atoms with Crippen molar-refractivity contribution in [3.63, 3.8) is 0 Å². The van der Waals surface area contributed by atoms with Crippen molar-refractivity contribution in [1.82, 2.24) is 10.2 Å². The van der Waals surface area contributed by atoms with E-state index in [1.807, 2.05) is 0 Å². The third kappa shape index (κ3) is 4.29. The highest BCUT2D eigenvalue weighted by Crippen LogP contribution is 2.38. The Hall–Kier alpha value is -2.84. The lowest BCUT2D eigenvalue weighted by Crippen LogP contribution is -2.46. The third-order valence-corrected chi connectivity index (χ3v) is 4.39. The van der Waals surface area contributed by atoms with Gasteiger partial charge in [-0.05, 0) is 30.3 Å². The number of nitro benzene ring substituents is 1. The average Bonchev–Trinajstić information content (AvgIpc) is 2.69. The van der Waals surface area contributed by atoms with Crippen LogP contribution in [0.3, 0.4) is 0 Å². The quantitative estimate of drug-likeness (QED) is 0.621. The van der Waals surface area contributed by atoms with Crippen LogP contribution in [0.1, 0.15) is 10.4 Å². The highest BCUT2D eigenvalue weighted by atomic mass is 35.5. The van der Waals surface area contributed by atoms with Gasteiger partial charge >= 0.3 is 5.69 Å². The number of amides is 1. The number of nitrogens with zero attached hydrogens (tertiary/aromatic N) is 2. The number of nitro groups is 1. The Morgan fingerprint density at radius 1 is 1.15 bits per heavy atom. The monoisotopic (exact) mass is 391 g/mol. The lowest BCUT2D eigenvalue weighted by Gasteiger charge is -2.27. The molecule has 0 radical (unpaired) electrons. The largest absolute Gasteiger partial charge is 0.493 e. The first-order chi connectivity index (χ1) is 13.0. The van der Waals surface area contributed by atoms with Crippen molar-refractivity contribution in [3.8, 4) is 17.2 Å². The molecule has 1 aliphatic rings. The first-order valence-electron chi connectivity index (χ1n) is 8.29. The van der Waals surface area contributed by atoms with Gasteiger partial charge in [-0.2, -0.15) is 0 Å². The van der Waals surface area contributed by atoms with Gasteiger partial charge in [0, 0.05) is 42.8 Å². The van der Waals surface area contributed by atoms with Gasteiger partial charge in [-0.15, -0.1) is 0 Å². The van der Waals surface area contributed by atoms with E-state index in [4.69, 9.17) is 21.1 Å². The maximum absolute atomic E-state index is 12.6. The Morgan fingerprint density at radius 3 is 2.52 bits per heavy atom. The Labute approximate surface area is 160 Å². The van der Waals surface area contributed by atoms with E-state index in [-0.39, 0.29) is 28.1 Å². The topological polar surface area (TPSA) is 93.9 Å². The summed E-state index contributed by atoms with van der Waals surface area (Å²) in [6, 6.07) is 8.88. The highest BCUT2D eigenvalue weighted by Gasteiger charge is 2.21. The zero-order chi connectivity index (χ0) is 19.4. The minimum atomic E-state index is -0.573. The van der Waals surface area contributed by atoms with Crippen LogP contribution in [0.25, 0.3) is 0 Å². The fourth-order valence-corrected chi connectivity index (χ4v) is 2.94. The van der Waals surface area contributed by atoms with Gasteiger partial charge in [-0.25, -0.2) is 0 Å². The molecule has 1 aliphatic heterocycles. The first kappa shape index (κ1) is 18.9. The van der Waals surface area contributed by atoms with Gasteiger partial charge in [0.05, 0.1) is 12.0 Å². The molecule has 2 aromatic rings. The molecule has 142 valence electrons. The number of rotatable bonds is 5. The number of carbonyl (C=O) groups is 1. The van der Waals surface area contributed by atoms with Gasteiger partial charge in [-0.3, -0.25) is 14.9 Å². The third-order valence-electron chi connectivity index (χ3n) is 4.15. The van der Waals surface area contributed by atoms with Gasteiger partial charge in [0.1, 0.15) is 0 Å². The summed E-state index contributed by atoms with van der Waals surface area (Å²) in [5.41, 5.74) is 0.206. The molecule has 3 rings (SSSR count). The number of benzene rings is 2. The Balaban J connectivity index is 1.87. The second-order valence-electron chi connectivity index (χ2n) is 5.88. The number of hydrogen-bond donors (Lipinski definition) is 1. The van der Waals surface area contributed by atoms with E-state index < -0.39 is 4.92 Å².